The van der Waals surface area contributed by atoms with Crippen molar-refractivity contribution < 1.29 is 14.2 Å². The third kappa shape index (κ3) is 4.54. The predicted octanol–water partition coefficient (Wildman–Crippen LogP) is 3.53. The molecule has 2 aromatic carbocycles. The molecule has 1 unspecified atom stereocenters. The maximum atomic E-state index is 12.8. The Labute approximate surface area is 122 Å². The first-order chi connectivity index (χ1) is 9.67. The van der Waals surface area contributed by atoms with Gasteiger partial charge in [0.15, 0.2) is 0 Å². The lowest BCUT2D eigenvalue weighted by Gasteiger charge is -2.11. The molecular formula is C16H17FO2S. The van der Waals surface area contributed by atoms with Gasteiger partial charge in [-0.05, 0) is 48.4 Å². The van der Waals surface area contributed by atoms with E-state index in [1.165, 1.54) is 23.9 Å². The van der Waals surface area contributed by atoms with Crippen LogP contribution in [-0.4, -0.2) is 24.1 Å². The molecule has 0 aliphatic heterocycles. The quantitative estimate of drug-likeness (QED) is 0.826. The largest absolute Gasteiger partial charge is 0.497 e. The minimum absolute atomic E-state index is 0.244. The first kappa shape index (κ1) is 14.9. The highest BCUT2D eigenvalue weighted by atomic mass is 32.2. The van der Waals surface area contributed by atoms with Gasteiger partial charge >= 0.3 is 0 Å². The number of aliphatic hydroxyl groups is 1. The number of ether oxygens (including phenoxy) is 1. The van der Waals surface area contributed by atoms with Crippen molar-refractivity contribution in [2.24, 2.45) is 0 Å². The molecule has 0 spiro atoms. The zero-order chi connectivity index (χ0) is 14.4. The lowest BCUT2D eigenvalue weighted by atomic mass is 10.1. The van der Waals surface area contributed by atoms with E-state index in [4.69, 9.17) is 4.74 Å². The molecule has 0 bridgehead atoms. The highest BCUT2D eigenvalue weighted by Crippen LogP contribution is 2.21. The third-order valence-corrected chi connectivity index (χ3v) is 4.02. The van der Waals surface area contributed by atoms with Crippen LogP contribution < -0.4 is 4.74 Å². The summed E-state index contributed by atoms with van der Waals surface area (Å²) in [6.07, 6.45) is 0.128. The minimum atomic E-state index is -0.447. The van der Waals surface area contributed by atoms with E-state index >= 15 is 0 Å². The molecule has 0 heterocycles. The molecule has 20 heavy (non-hydrogen) atoms. The summed E-state index contributed by atoms with van der Waals surface area (Å²) in [6.45, 7) is 0. The zero-order valence-corrected chi connectivity index (χ0v) is 12.1. The summed E-state index contributed by atoms with van der Waals surface area (Å²) in [4.78, 5) is 0.955. The van der Waals surface area contributed by atoms with Crippen LogP contribution >= 0.6 is 11.8 Å². The van der Waals surface area contributed by atoms with Crippen LogP contribution in [-0.2, 0) is 6.42 Å². The molecule has 1 atom stereocenters. The fourth-order valence-corrected chi connectivity index (χ4v) is 2.68. The molecule has 0 aliphatic rings. The Bertz CT molecular complexity index is 542. The van der Waals surface area contributed by atoms with E-state index in [0.29, 0.717) is 12.2 Å². The normalized spacial score (nSPS) is 12.2. The van der Waals surface area contributed by atoms with Crippen LogP contribution in [0.15, 0.2) is 53.4 Å². The summed E-state index contributed by atoms with van der Waals surface area (Å²) in [5, 5.41) is 10.0. The number of halogens is 1. The molecule has 0 aromatic heterocycles. The van der Waals surface area contributed by atoms with Crippen molar-refractivity contribution in [3.63, 3.8) is 0 Å². The summed E-state index contributed by atoms with van der Waals surface area (Å²) < 4.78 is 17.9. The fourth-order valence-electron chi connectivity index (χ4n) is 1.85. The van der Waals surface area contributed by atoms with Gasteiger partial charge in [0.2, 0.25) is 0 Å². The van der Waals surface area contributed by atoms with Crippen molar-refractivity contribution in [1.82, 2.24) is 0 Å². The molecule has 0 saturated heterocycles. The summed E-state index contributed by atoms with van der Waals surface area (Å²) in [5.74, 6) is 1.12. The summed E-state index contributed by atoms with van der Waals surface area (Å²) in [6, 6.07) is 14.0. The number of hydrogen-bond acceptors (Lipinski definition) is 3. The van der Waals surface area contributed by atoms with Gasteiger partial charge in [-0.3, -0.25) is 0 Å². The van der Waals surface area contributed by atoms with Gasteiger partial charge in [-0.25, -0.2) is 4.39 Å². The Morgan fingerprint density at radius 3 is 2.65 bits per heavy atom. The highest BCUT2D eigenvalue weighted by Gasteiger charge is 2.07. The average molecular weight is 292 g/mol. The minimum Gasteiger partial charge on any atom is -0.497 e. The van der Waals surface area contributed by atoms with Crippen LogP contribution in [0.4, 0.5) is 4.39 Å². The lowest BCUT2D eigenvalue weighted by molar-refractivity contribution is 0.200. The Balaban J connectivity index is 1.85. The monoisotopic (exact) mass is 292 g/mol. The summed E-state index contributed by atoms with van der Waals surface area (Å²) in [5.41, 5.74) is 1.04. The van der Waals surface area contributed by atoms with Crippen molar-refractivity contribution in [2.45, 2.75) is 17.4 Å². The van der Waals surface area contributed by atoms with Gasteiger partial charge in [-0.15, -0.1) is 11.8 Å². The second-order valence-electron chi connectivity index (χ2n) is 4.47. The van der Waals surface area contributed by atoms with E-state index in [9.17, 15) is 9.50 Å². The third-order valence-electron chi connectivity index (χ3n) is 2.86. The van der Waals surface area contributed by atoms with E-state index in [2.05, 4.69) is 0 Å². The van der Waals surface area contributed by atoms with Crippen LogP contribution in [0.2, 0.25) is 0 Å². The molecule has 106 valence electrons. The van der Waals surface area contributed by atoms with Crippen molar-refractivity contribution in [1.29, 1.82) is 0 Å². The number of benzene rings is 2. The average Bonchev–Trinajstić information content (AvgIpc) is 2.47. The summed E-state index contributed by atoms with van der Waals surface area (Å²) >= 11 is 1.52. The first-order valence-electron chi connectivity index (χ1n) is 6.37. The van der Waals surface area contributed by atoms with Gasteiger partial charge in [-0.2, -0.15) is 0 Å². The van der Waals surface area contributed by atoms with Crippen molar-refractivity contribution in [3.05, 3.63) is 59.9 Å². The highest BCUT2D eigenvalue weighted by molar-refractivity contribution is 7.99. The Morgan fingerprint density at radius 1 is 1.20 bits per heavy atom. The lowest BCUT2D eigenvalue weighted by Crippen LogP contribution is -2.13. The Morgan fingerprint density at radius 2 is 1.95 bits per heavy atom. The number of thioether (sulfide) groups is 1. The van der Waals surface area contributed by atoms with E-state index in [1.807, 2.05) is 24.3 Å². The second-order valence-corrected chi connectivity index (χ2v) is 5.57. The van der Waals surface area contributed by atoms with Crippen molar-refractivity contribution in [3.8, 4) is 5.75 Å². The molecule has 2 rings (SSSR count). The number of rotatable bonds is 6. The molecule has 0 radical (unpaired) electrons. The Hall–Kier alpha value is -1.52. The predicted molar refractivity (Wildman–Crippen MR) is 79.8 cm³/mol. The van der Waals surface area contributed by atoms with Gasteiger partial charge in [0, 0.05) is 10.6 Å². The number of hydrogen-bond donors (Lipinski definition) is 1. The van der Waals surface area contributed by atoms with Crippen LogP contribution in [0.1, 0.15) is 5.56 Å². The van der Waals surface area contributed by atoms with Crippen molar-refractivity contribution >= 4 is 11.8 Å². The molecule has 0 amide bonds. The van der Waals surface area contributed by atoms with Crippen LogP contribution in [0, 0.1) is 5.82 Å². The van der Waals surface area contributed by atoms with Gasteiger partial charge < -0.3 is 9.84 Å². The smallest absolute Gasteiger partial charge is 0.123 e. The van der Waals surface area contributed by atoms with Gasteiger partial charge in [0.25, 0.3) is 0 Å². The summed E-state index contributed by atoms with van der Waals surface area (Å²) in [7, 11) is 1.62. The van der Waals surface area contributed by atoms with Gasteiger partial charge in [0.05, 0.1) is 13.2 Å². The van der Waals surface area contributed by atoms with E-state index < -0.39 is 6.10 Å². The second kappa shape index (κ2) is 7.31. The molecular weight excluding hydrogens is 275 g/mol. The Kier molecular flexibility index (Phi) is 5.44. The molecule has 1 N–H and O–H groups in total. The molecule has 2 nitrogen and oxygen atoms in total. The first-order valence-corrected chi connectivity index (χ1v) is 7.35. The molecule has 0 aliphatic carbocycles. The van der Waals surface area contributed by atoms with Gasteiger partial charge in [-0.1, -0.05) is 12.1 Å². The van der Waals surface area contributed by atoms with Crippen LogP contribution in [0.5, 0.6) is 5.75 Å². The zero-order valence-electron chi connectivity index (χ0n) is 11.3. The topological polar surface area (TPSA) is 29.5 Å². The van der Waals surface area contributed by atoms with Crippen LogP contribution in [0.25, 0.3) is 0 Å². The van der Waals surface area contributed by atoms with Gasteiger partial charge in [0.1, 0.15) is 11.6 Å². The molecule has 0 saturated carbocycles. The van der Waals surface area contributed by atoms with Crippen molar-refractivity contribution in [2.75, 3.05) is 12.9 Å². The molecule has 0 fully saturated rings. The SMILES string of the molecule is COc1cccc(CC(O)CSc2ccc(F)cc2)c1. The molecule has 4 heteroatoms. The standard InChI is InChI=1S/C16H17FO2S/c1-19-15-4-2-3-12(10-15)9-14(18)11-20-16-7-5-13(17)6-8-16/h2-8,10,14,18H,9,11H2,1H3. The number of methoxy groups -OCH3 is 1. The maximum absolute atomic E-state index is 12.8. The van der Waals surface area contributed by atoms with Crippen LogP contribution in [0.3, 0.4) is 0 Å². The number of aliphatic hydroxyl groups excluding tert-OH is 1. The van der Waals surface area contributed by atoms with E-state index in [0.717, 1.165) is 16.2 Å². The fraction of sp³-hybridized carbons (Fsp3) is 0.250. The maximum Gasteiger partial charge on any atom is 0.123 e. The molecule has 2 aromatic rings. The van der Waals surface area contributed by atoms with E-state index in [-0.39, 0.29) is 5.82 Å². The van der Waals surface area contributed by atoms with E-state index in [1.54, 1.807) is 19.2 Å².